The van der Waals surface area contributed by atoms with Crippen LogP contribution in [0.2, 0.25) is 0 Å². The van der Waals surface area contributed by atoms with E-state index in [1.807, 2.05) is 6.92 Å². The fraction of sp³-hybridized carbons (Fsp3) is 0.957. The lowest BCUT2D eigenvalue weighted by Gasteiger charge is -2.62. The highest BCUT2D eigenvalue weighted by molar-refractivity contribution is 5.79. The number of methoxy groups -OCH3 is 1. The van der Waals surface area contributed by atoms with Crippen LogP contribution in [0.3, 0.4) is 0 Å². The predicted octanol–water partition coefficient (Wildman–Crippen LogP) is 4.61. The molecule has 3 heteroatoms. The number of aliphatic hydroxyl groups is 1. The van der Waals surface area contributed by atoms with Crippen molar-refractivity contribution in [2.24, 2.45) is 40.4 Å². The minimum absolute atomic E-state index is 0.252. The van der Waals surface area contributed by atoms with Crippen molar-refractivity contribution < 1.29 is 14.6 Å². The maximum atomic E-state index is 12.3. The van der Waals surface area contributed by atoms with Crippen LogP contribution in [0.1, 0.15) is 78.6 Å². The number of fused-ring (bicyclic) bond motifs is 5. The van der Waals surface area contributed by atoms with Crippen LogP contribution in [-0.2, 0) is 9.53 Å². The van der Waals surface area contributed by atoms with Gasteiger partial charge in [0.05, 0.1) is 12.2 Å². The molecule has 4 aliphatic rings. The van der Waals surface area contributed by atoms with Gasteiger partial charge in [-0.1, -0.05) is 13.8 Å². The van der Waals surface area contributed by atoms with E-state index < -0.39 is 5.60 Å². The molecule has 0 aliphatic heterocycles. The molecular weight excluding hydrogens is 324 g/mol. The Hall–Kier alpha value is -0.410. The van der Waals surface area contributed by atoms with Crippen LogP contribution in [0, 0.1) is 40.4 Å². The zero-order chi connectivity index (χ0) is 18.7. The van der Waals surface area contributed by atoms with Gasteiger partial charge in [-0.05, 0) is 99.2 Å². The Morgan fingerprint density at radius 1 is 1.00 bits per heavy atom. The van der Waals surface area contributed by atoms with Gasteiger partial charge in [0.25, 0.3) is 0 Å². The fourth-order valence-electron chi connectivity index (χ4n) is 8.39. The summed E-state index contributed by atoms with van der Waals surface area (Å²) in [5.41, 5.74) is 0.0161. The smallest absolute Gasteiger partial charge is 0.133 e. The Morgan fingerprint density at radius 3 is 2.42 bits per heavy atom. The van der Waals surface area contributed by atoms with Crippen LogP contribution in [0.4, 0.5) is 0 Å². The quantitative estimate of drug-likeness (QED) is 0.797. The largest absolute Gasteiger partial charge is 0.387 e. The van der Waals surface area contributed by atoms with E-state index >= 15 is 0 Å². The SMILES string of the molecule is COC[C@@]1(O)CC[C@@]2(C)[C@H](CC[C@@H]3[C@H]2CC[C@]2(C)[C@@H](C(C)=O)CC[C@H]32)C1. The number of ketones is 1. The summed E-state index contributed by atoms with van der Waals surface area (Å²) in [5, 5.41) is 10.9. The van der Waals surface area contributed by atoms with Crippen LogP contribution in [-0.4, -0.2) is 30.2 Å². The Bertz CT molecular complexity index is 574. The van der Waals surface area contributed by atoms with E-state index in [-0.39, 0.29) is 5.41 Å². The minimum Gasteiger partial charge on any atom is -0.387 e. The Morgan fingerprint density at radius 2 is 1.73 bits per heavy atom. The molecule has 0 unspecified atom stereocenters. The number of hydrogen-bond donors (Lipinski definition) is 1. The summed E-state index contributed by atoms with van der Waals surface area (Å²) < 4.78 is 5.33. The third kappa shape index (κ3) is 2.64. The van der Waals surface area contributed by atoms with Gasteiger partial charge < -0.3 is 9.84 Å². The Kier molecular flexibility index (Phi) is 4.59. The standard InChI is InChI=1S/C23H38O3/c1-15(24)18-7-8-19-17-6-5-16-13-23(25,14-26-4)12-11-21(16,2)20(17)9-10-22(18,19)3/h16-20,25H,5-14H2,1-4H3/t16-,17+,18-,19-,20-,21+,22-,23-/m1/s1. The second kappa shape index (κ2) is 6.30. The average molecular weight is 363 g/mol. The monoisotopic (exact) mass is 362 g/mol. The van der Waals surface area contributed by atoms with E-state index in [1.54, 1.807) is 7.11 Å². The highest BCUT2D eigenvalue weighted by Gasteiger charge is 2.61. The summed E-state index contributed by atoms with van der Waals surface area (Å²) in [6, 6.07) is 0. The number of hydrogen-bond acceptors (Lipinski definition) is 3. The minimum atomic E-state index is -0.609. The van der Waals surface area contributed by atoms with E-state index in [0.29, 0.717) is 29.6 Å². The first-order valence-corrected chi connectivity index (χ1v) is 11.0. The highest BCUT2D eigenvalue weighted by atomic mass is 16.5. The predicted molar refractivity (Wildman–Crippen MR) is 103 cm³/mol. The summed E-state index contributed by atoms with van der Waals surface area (Å²) in [4.78, 5) is 12.3. The van der Waals surface area contributed by atoms with Gasteiger partial charge in [0.15, 0.2) is 0 Å². The molecule has 1 N–H and O–H groups in total. The van der Waals surface area contributed by atoms with Crippen molar-refractivity contribution in [3.05, 3.63) is 0 Å². The Labute approximate surface area is 159 Å². The van der Waals surface area contributed by atoms with Crippen molar-refractivity contribution in [1.82, 2.24) is 0 Å². The lowest BCUT2D eigenvalue weighted by molar-refractivity contribution is -0.163. The van der Waals surface area contributed by atoms with Crippen molar-refractivity contribution in [2.45, 2.75) is 84.2 Å². The lowest BCUT2D eigenvalue weighted by atomic mass is 9.44. The first-order chi connectivity index (χ1) is 12.2. The lowest BCUT2D eigenvalue weighted by Crippen LogP contribution is -2.56. The average Bonchev–Trinajstić information content (AvgIpc) is 2.93. The first-order valence-electron chi connectivity index (χ1n) is 11.0. The summed E-state index contributed by atoms with van der Waals surface area (Å²) in [7, 11) is 1.70. The number of carbonyl (C=O) groups excluding carboxylic acids is 1. The van der Waals surface area contributed by atoms with E-state index in [0.717, 1.165) is 43.4 Å². The van der Waals surface area contributed by atoms with Crippen LogP contribution in [0.25, 0.3) is 0 Å². The highest BCUT2D eigenvalue weighted by Crippen LogP contribution is 2.68. The second-order valence-electron chi connectivity index (χ2n) is 10.8. The molecule has 0 aromatic rings. The van der Waals surface area contributed by atoms with E-state index in [4.69, 9.17) is 4.74 Å². The third-order valence-corrected chi connectivity index (χ3v) is 9.72. The summed E-state index contributed by atoms with van der Waals surface area (Å²) in [5.74, 6) is 3.69. The van der Waals surface area contributed by atoms with E-state index in [1.165, 1.54) is 32.1 Å². The zero-order valence-corrected chi connectivity index (χ0v) is 17.2. The molecule has 26 heavy (non-hydrogen) atoms. The zero-order valence-electron chi connectivity index (χ0n) is 17.2. The molecule has 3 nitrogen and oxygen atoms in total. The normalized spacial score (nSPS) is 53.5. The molecule has 4 aliphatic carbocycles. The Balaban J connectivity index is 1.56. The van der Waals surface area contributed by atoms with Crippen molar-refractivity contribution in [3.63, 3.8) is 0 Å². The molecule has 0 aromatic carbocycles. The molecule has 0 saturated heterocycles. The maximum Gasteiger partial charge on any atom is 0.133 e. The molecule has 8 atom stereocenters. The van der Waals surface area contributed by atoms with Gasteiger partial charge in [0.1, 0.15) is 5.78 Å². The second-order valence-corrected chi connectivity index (χ2v) is 10.8. The number of ether oxygens (including phenoxy) is 1. The van der Waals surface area contributed by atoms with Crippen molar-refractivity contribution in [2.75, 3.05) is 13.7 Å². The third-order valence-electron chi connectivity index (χ3n) is 9.72. The van der Waals surface area contributed by atoms with Crippen molar-refractivity contribution in [1.29, 1.82) is 0 Å². The van der Waals surface area contributed by atoms with Crippen LogP contribution in [0.5, 0.6) is 0 Å². The van der Waals surface area contributed by atoms with Gasteiger partial charge in [0, 0.05) is 13.0 Å². The molecule has 0 amide bonds. The van der Waals surface area contributed by atoms with Crippen LogP contribution < -0.4 is 0 Å². The summed E-state index contributed by atoms with van der Waals surface area (Å²) in [6.07, 6.45) is 10.4. The van der Waals surface area contributed by atoms with Gasteiger partial charge in [-0.2, -0.15) is 0 Å². The van der Waals surface area contributed by atoms with E-state index in [2.05, 4.69) is 13.8 Å². The van der Waals surface area contributed by atoms with Gasteiger partial charge in [-0.15, -0.1) is 0 Å². The van der Waals surface area contributed by atoms with Gasteiger partial charge >= 0.3 is 0 Å². The van der Waals surface area contributed by atoms with Crippen LogP contribution in [0.15, 0.2) is 0 Å². The molecule has 0 bridgehead atoms. The summed E-state index contributed by atoms with van der Waals surface area (Å²) >= 11 is 0. The number of rotatable bonds is 3. The molecule has 148 valence electrons. The molecule has 4 saturated carbocycles. The van der Waals surface area contributed by atoms with Gasteiger partial charge in [0.2, 0.25) is 0 Å². The molecule has 0 radical (unpaired) electrons. The van der Waals surface area contributed by atoms with Gasteiger partial charge in [-0.3, -0.25) is 4.79 Å². The van der Waals surface area contributed by atoms with E-state index in [9.17, 15) is 9.90 Å². The molecular formula is C23H38O3. The molecule has 0 aromatic heterocycles. The maximum absolute atomic E-state index is 12.3. The number of carbonyl (C=O) groups is 1. The first kappa shape index (κ1) is 18.9. The topological polar surface area (TPSA) is 46.5 Å². The van der Waals surface area contributed by atoms with Crippen molar-refractivity contribution >= 4 is 5.78 Å². The van der Waals surface area contributed by atoms with Gasteiger partial charge in [-0.25, -0.2) is 0 Å². The molecule has 4 fully saturated rings. The van der Waals surface area contributed by atoms with Crippen LogP contribution >= 0.6 is 0 Å². The molecule has 0 spiro atoms. The fourth-order valence-corrected chi connectivity index (χ4v) is 8.39. The molecule has 0 heterocycles. The molecule has 4 rings (SSSR count). The van der Waals surface area contributed by atoms with Crippen molar-refractivity contribution in [3.8, 4) is 0 Å². The summed E-state index contributed by atoms with van der Waals surface area (Å²) in [6.45, 7) is 7.26. The number of Topliss-reactive ketones (excluding diaryl/α,β-unsaturated/α-hetero) is 1.